The summed E-state index contributed by atoms with van der Waals surface area (Å²) < 4.78 is 19.6. The van der Waals surface area contributed by atoms with Crippen molar-refractivity contribution in [3.8, 4) is 0 Å². The minimum Gasteiger partial charge on any atom is -0.444 e. The Bertz CT molecular complexity index is 568. The van der Waals surface area contributed by atoms with E-state index in [4.69, 9.17) is 4.42 Å². The van der Waals surface area contributed by atoms with Gasteiger partial charge in [0.1, 0.15) is 5.82 Å². The van der Waals surface area contributed by atoms with Gasteiger partial charge in [0.25, 0.3) is 5.91 Å². The zero-order chi connectivity index (χ0) is 12.4. The first kappa shape index (κ1) is 12.3. The van der Waals surface area contributed by atoms with Gasteiger partial charge in [-0.3, -0.25) is 4.79 Å². The third kappa shape index (κ3) is 2.95. The van der Waals surface area contributed by atoms with Crippen LogP contribution in [0.4, 0.5) is 10.1 Å². The predicted molar refractivity (Wildman–Crippen MR) is 68.5 cm³/mol. The van der Waals surface area contributed by atoms with E-state index in [2.05, 4.69) is 37.2 Å². The van der Waals surface area contributed by atoms with Gasteiger partial charge in [0.05, 0.1) is 5.69 Å². The Morgan fingerprint density at radius 3 is 2.65 bits per heavy atom. The second-order valence-electron chi connectivity index (χ2n) is 3.18. The molecule has 88 valence electrons. The van der Waals surface area contributed by atoms with E-state index in [1.807, 2.05) is 0 Å². The molecule has 1 aromatic carbocycles. The second-order valence-corrected chi connectivity index (χ2v) is 4.88. The maximum Gasteiger partial charge on any atom is 0.291 e. The highest BCUT2D eigenvalue weighted by atomic mass is 79.9. The van der Waals surface area contributed by atoms with Crippen LogP contribution in [0.2, 0.25) is 0 Å². The van der Waals surface area contributed by atoms with Crippen molar-refractivity contribution in [3.63, 3.8) is 0 Å². The Morgan fingerprint density at radius 1 is 1.24 bits per heavy atom. The summed E-state index contributed by atoms with van der Waals surface area (Å²) in [6.45, 7) is 0. The van der Waals surface area contributed by atoms with Crippen LogP contribution in [0.25, 0.3) is 0 Å². The Labute approximate surface area is 113 Å². The molecule has 0 aliphatic rings. The zero-order valence-electron chi connectivity index (χ0n) is 8.34. The summed E-state index contributed by atoms with van der Waals surface area (Å²) in [5, 5.41) is 2.42. The first-order chi connectivity index (χ1) is 8.06. The van der Waals surface area contributed by atoms with Crippen LogP contribution < -0.4 is 5.32 Å². The molecule has 0 unspecified atom stereocenters. The zero-order valence-corrected chi connectivity index (χ0v) is 11.5. The predicted octanol–water partition coefficient (Wildman–Crippen LogP) is 4.20. The molecular formula is C11H6Br2FNO2. The van der Waals surface area contributed by atoms with Crippen molar-refractivity contribution < 1.29 is 13.6 Å². The number of carbonyl (C=O) groups is 1. The van der Waals surface area contributed by atoms with Crippen LogP contribution in [0.15, 0.2) is 43.9 Å². The number of amides is 1. The molecule has 17 heavy (non-hydrogen) atoms. The summed E-state index contributed by atoms with van der Waals surface area (Å²) in [7, 11) is 0. The third-order valence-corrected chi connectivity index (χ3v) is 2.89. The average Bonchev–Trinajstić information content (AvgIpc) is 2.70. The minimum absolute atomic E-state index is 0.0943. The van der Waals surface area contributed by atoms with E-state index >= 15 is 0 Å². The van der Waals surface area contributed by atoms with E-state index in [0.717, 1.165) is 0 Å². The fourth-order valence-electron chi connectivity index (χ4n) is 1.21. The van der Waals surface area contributed by atoms with E-state index in [-0.39, 0.29) is 11.4 Å². The molecule has 0 fully saturated rings. The first-order valence-corrected chi connectivity index (χ1v) is 6.16. The SMILES string of the molecule is O=C(Nc1cc(Br)ccc1F)c1ccc(Br)o1. The van der Waals surface area contributed by atoms with E-state index in [9.17, 15) is 9.18 Å². The number of hydrogen-bond donors (Lipinski definition) is 1. The summed E-state index contributed by atoms with van der Waals surface area (Å²) in [6, 6.07) is 7.37. The lowest BCUT2D eigenvalue weighted by atomic mass is 10.3. The maximum atomic E-state index is 13.4. The van der Waals surface area contributed by atoms with Crippen molar-refractivity contribution in [2.24, 2.45) is 0 Å². The summed E-state index contributed by atoms with van der Waals surface area (Å²) >= 11 is 6.28. The van der Waals surface area contributed by atoms with Gasteiger partial charge in [-0.05, 0) is 46.3 Å². The van der Waals surface area contributed by atoms with Crippen LogP contribution in [0, 0.1) is 5.82 Å². The average molecular weight is 363 g/mol. The Balaban J connectivity index is 2.21. The van der Waals surface area contributed by atoms with Crippen LogP contribution in [0.1, 0.15) is 10.6 Å². The van der Waals surface area contributed by atoms with Gasteiger partial charge in [-0.15, -0.1) is 0 Å². The van der Waals surface area contributed by atoms with Gasteiger partial charge in [0.2, 0.25) is 0 Å². The molecule has 1 amide bonds. The molecule has 0 spiro atoms. The standard InChI is InChI=1S/C11H6Br2FNO2/c12-6-1-2-7(14)8(5-6)15-11(16)9-3-4-10(13)17-9/h1-5H,(H,15,16). The smallest absolute Gasteiger partial charge is 0.291 e. The van der Waals surface area contributed by atoms with Crippen molar-refractivity contribution in [3.05, 3.63) is 51.1 Å². The van der Waals surface area contributed by atoms with Crippen molar-refractivity contribution in [1.29, 1.82) is 0 Å². The molecule has 0 saturated heterocycles. The van der Waals surface area contributed by atoms with Crippen molar-refractivity contribution in [1.82, 2.24) is 0 Å². The van der Waals surface area contributed by atoms with Crippen molar-refractivity contribution in [2.75, 3.05) is 5.32 Å². The Hall–Kier alpha value is -1.14. The fourth-order valence-corrected chi connectivity index (χ4v) is 1.88. The molecule has 2 rings (SSSR count). The summed E-state index contributed by atoms with van der Waals surface area (Å²) in [6.07, 6.45) is 0. The molecule has 0 aliphatic carbocycles. The van der Waals surface area contributed by atoms with Gasteiger partial charge in [-0.25, -0.2) is 4.39 Å². The first-order valence-electron chi connectivity index (χ1n) is 4.58. The van der Waals surface area contributed by atoms with Gasteiger partial charge in [-0.1, -0.05) is 15.9 Å². The lowest BCUT2D eigenvalue weighted by Gasteiger charge is -2.04. The maximum absolute atomic E-state index is 13.4. The molecule has 1 heterocycles. The van der Waals surface area contributed by atoms with Gasteiger partial charge < -0.3 is 9.73 Å². The molecule has 0 aliphatic heterocycles. The molecule has 0 saturated carbocycles. The third-order valence-electron chi connectivity index (χ3n) is 1.97. The van der Waals surface area contributed by atoms with Gasteiger partial charge in [0, 0.05) is 4.47 Å². The quantitative estimate of drug-likeness (QED) is 0.870. The van der Waals surface area contributed by atoms with Gasteiger partial charge in [0.15, 0.2) is 10.4 Å². The molecule has 6 heteroatoms. The van der Waals surface area contributed by atoms with Gasteiger partial charge in [-0.2, -0.15) is 0 Å². The summed E-state index contributed by atoms with van der Waals surface area (Å²) in [5.74, 6) is -0.906. The van der Waals surface area contributed by atoms with Crippen molar-refractivity contribution in [2.45, 2.75) is 0 Å². The summed E-state index contributed by atoms with van der Waals surface area (Å²) in [4.78, 5) is 11.7. The van der Waals surface area contributed by atoms with E-state index < -0.39 is 11.7 Å². The van der Waals surface area contributed by atoms with E-state index in [1.54, 1.807) is 12.1 Å². The highest BCUT2D eigenvalue weighted by molar-refractivity contribution is 9.10. The van der Waals surface area contributed by atoms with Gasteiger partial charge >= 0.3 is 0 Å². The Morgan fingerprint density at radius 2 is 2.00 bits per heavy atom. The lowest BCUT2D eigenvalue weighted by molar-refractivity contribution is 0.0995. The number of carbonyl (C=O) groups excluding carboxylic acids is 1. The second kappa shape index (κ2) is 5.01. The number of furan rings is 1. The van der Waals surface area contributed by atoms with E-state index in [1.165, 1.54) is 18.2 Å². The molecular weight excluding hydrogens is 357 g/mol. The fraction of sp³-hybridized carbons (Fsp3) is 0. The van der Waals surface area contributed by atoms with E-state index in [0.29, 0.717) is 9.14 Å². The molecule has 0 bridgehead atoms. The summed E-state index contributed by atoms with van der Waals surface area (Å²) in [5.41, 5.74) is 0.0943. The molecule has 1 N–H and O–H groups in total. The topological polar surface area (TPSA) is 42.2 Å². The van der Waals surface area contributed by atoms with Crippen LogP contribution in [-0.2, 0) is 0 Å². The van der Waals surface area contributed by atoms with Crippen LogP contribution in [-0.4, -0.2) is 5.91 Å². The van der Waals surface area contributed by atoms with Crippen LogP contribution in [0.3, 0.4) is 0 Å². The highest BCUT2D eigenvalue weighted by Gasteiger charge is 2.13. The number of hydrogen-bond acceptors (Lipinski definition) is 2. The monoisotopic (exact) mass is 361 g/mol. The molecule has 1 aromatic heterocycles. The van der Waals surface area contributed by atoms with Crippen LogP contribution >= 0.6 is 31.9 Å². The molecule has 0 radical (unpaired) electrons. The molecule has 0 atom stereocenters. The van der Waals surface area contributed by atoms with Crippen LogP contribution in [0.5, 0.6) is 0 Å². The number of benzene rings is 1. The minimum atomic E-state index is -0.507. The Kier molecular flexibility index (Phi) is 3.63. The lowest BCUT2D eigenvalue weighted by Crippen LogP contribution is -2.12. The largest absolute Gasteiger partial charge is 0.444 e. The van der Waals surface area contributed by atoms with Crippen molar-refractivity contribution >= 4 is 43.5 Å². The molecule has 2 aromatic rings. The number of nitrogens with one attached hydrogen (secondary N) is 1. The highest BCUT2D eigenvalue weighted by Crippen LogP contribution is 2.21. The number of anilines is 1. The number of rotatable bonds is 2. The number of halogens is 3. The molecule has 3 nitrogen and oxygen atoms in total. The normalized spacial score (nSPS) is 10.3.